The summed E-state index contributed by atoms with van der Waals surface area (Å²) < 4.78 is 0.653. The smallest absolute Gasteiger partial charge is 0.317 e. The highest BCUT2D eigenvalue weighted by molar-refractivity contribution is 9.10. The summed E-state index contributed by atoms with van der Waals surface area (Å²) in [5.74, 6) is -3.00. The van der Waals surface area contributed by atoms with E-state index in [1.807, 2.05) is 97.1 Å². The van der Waals surface area contributed by atoms with Crippen LogP contribution >= 0.6 is 15.9 Å². The number of carbonyl (C=O) groups excluding carboxylic acids is 4. The van der Waals surface area contributed by atoms with E-state index in [4.69, 9.17) is 0 Å². The lowest BCUT2D eigenvalue weighted by atomic mass is 9.82. The first-order valence-corrected chi connectivity index (χ1v) is 13.8. The molecule has 3 amide bonds. The zero-order valence-electron chi connectivity index (χ0n) is 21.7. The van der Waals surface area contributed by atoms with E-state index in [0.29, 0.717) is 10.0 Å². The Morgan fingerprint density at radius 3 is 1.80 bits per heavy atom. The lowest BCUT2D eigenvalue weighted by Crippen LogP contribution is -2.63. The molecule has 6 nitrogen and oxygen atoms in total. The van der Waals surface area contributed by atoms with Gasteiger partial charge in [-0.25, -0.2) is 0 Å². The molecule has 0 spiro atoms. The van der Waals surface area contributed by atoms with Crippen LogP contribution in [0.25, 0.3) is 0 Å². The van der Waals surface area contributed by atoms with Crippen LogP contribution in [0.4, 0.5) is 0 Å². The molecule has 5 rings (SSSR count). The van der Waals surface area contributed by atoms with Crippen molar-refractivity contribution < 1.29 is 19.2 Å². The van der Waals surface area contributed by atoms with Gasteiger partial charge in [0.15, 0.2) is 5.78 Å². The summed E-state index contributed by atoms with van der Waals surface area (Å²) in [5, 5.41) is 0. The average Bonchev–Trinajstić information content (AvgIpc) is 2.99. The van der Waals surface area contributed by atoms with Gasteiger partial charge in [-0.05, 0) is 22.8 Å². The first kappa shape index (κ1) is 27.2. The van der Waals surface area contributed by atoms with Crippen molar-refractivity contribution >= 4 is 39.4 Å². The maximum atomic E-state index is 14.3. The third-order valence-corrected chi connectivity index (χ3v) is 7.80. The molecular formula is C33H27BrN2O4. The molecule has 1 aliphatic rings. The van der Waals surface area contributed by atoms with E-state index in [1.54, 1.807) is 18.2 Å². The monoisotopic (exact) mass is 594 g/mol. The second-order valence-corrected chi connectivity index (χ2v) is 10.6. The standard InChI is InChI=1S/C33H27BrN2O4/c34-28-19-11-10-18-26(28)29(37)20-27(25-16-8-3-9-17-25)30-31(38)36(22-24-14-6-2-7-15-24)33(40)32(39)35(30)21-23-12-4-1-5-13-23/h1-19,27,30H,20-22H2/t27-,30-/m0/s1. The Morgan fingerprint density at radius 2 is 1.20 bits per heavy atom. The van der Waals surface area contributed by atoms with Gasteiger partial charge in [0.25, 0.3) is 5.91 Å². The van der Waals surface area contributed by atoms with E-state index in [9.17, 15) is 19.2 Å². The summed E-state index contributed by atoms with van der Waals surface area (Å²) in [6.07, 6.45) is -0.0328. The number of amides is 3. The van der Waals surface area contributed by atoms with Crippen LogP contribution in [0, 0.1) is 0 Å². The molecule has 0 N–H and O–H groups in total. The third kappa shape index (κ3) is 5.80. The number of ketones is 1. The zero-order chi connectivity index (χ0) is 28.1. The van der Waals surface area contributed by atoms with Crippen molar-refractivity contribution in [1.29, 1.82) is 0 Å². The molecule has 0 bridgehead atoms. The molecule has 40 heavy (non-hydrogen) atoms. The van der Waals surface area contributed by atoms with Gasteiger partial charge in [0.2, 0.25) is 0 Å². The Morgan fingerprint density at radius 1 is 0.675 bits per heavy atom. The molecule has 1 saturated heterocycles. The Kier molecular flexibility index (Phi) is 8.31. The number of hydrogen-bond acceptors (Lipinski definition) is 4. The highest BCUT2D eigenvalue weighted by Gasteiger charge is 2.49. The van der Waals surface area contributed by atoms with E-state index in [1.165, 1.54) is 4.90 Å². The SMILES string of the molecule is O=C(C[C@@H](c1ccccc1)[C@H]1C(=O)N(Cc2ccccc2)C(=O)C(=O)N1Cc1ccccc1)c1ccccc1Br. The van der Waals surface area contributed by atoms with Crippen LogP contribution < -0.4 is 0 Å². The van der Waals surface area contributed by atoms with Gasteiger partial charge >= 0.3 is 11.8 Å². The maximum Gasteiger partial charge on any atom is 0.319 e. The minimum atomic E-state index is -1.07. The van der Waals surface area contributed by atoms with Gasteiger partial charge in [0.05, 0.1) is 6.54 Å². The van der Waals surface area contributed by atoms with Gasteiger partial charge in [-0.1, -0.05) is 125 Å². The van der Waals surface area contributed by atoms with Crippen molar-refractivity contribution in [2.45, 2.75) is 31.5 Å². The van der Waals surface area contributed by atoms with E-state index in [2.05, 4.69) is 15.9 Å². The van der Waals surface area contributed by atoms with Gasteiger partial charge in [-0.15, -0.1) is 0 Å². The molecule has 0 aromatic heterocycles. The van der Waals surface area contributed by atoms with Crippen molar-refractivity contribution in [2.24, 2.45) is 0 Å². The van der Waals surface area contributed by atoms with Crippen molar-refractivity contribution in [1.82, 2.24) is 9.80 Å². The van der Waals surface area contributed by atoms with Crippen LogP contribution in [-0.2, 0) is 27.5 Å². The molecule has 1 heterocycles. The molecule has 0 radical (unpaired) electrons. The molecule has 2 atom stereocenters. The molecule has 0 aliphatic carbocycles. The van der Waals surface area contributed by atoms with E-state index in [0.717, 1.165) is 21.6 Å². The zero-order valence-corrected chi connectivity index (χ0v) is 23.2. The number of hydrogen-bond donors (Lipinski definition) is 0. The minimum absolute atomic E-state index is 0.0282. The van der Waals surface area contributed by atoms with Gasteiger partial charge in [0.1, 0.15) is 6.04 Å². The fraction of sp³-hybridized carbons (Fsp3) is 0.152. The molecular weight excluding hydrogens is 568 g/mol. The molecule has 1 aliphatic heterocycles. The Labute approximate surface area is 241 Å². The lowest BCUT2D eigenvalue weighted by molar-refractivity contribution is -0.169. The predicted octanol–water partition coefficient (Wildman–Crippen LogP) is 5.77. The third-order valence-electron chi connectivity index (χ3n) is 7.11. The first-order chi connectivity index (χ1) is 19.4. The molecule has 1 fully saturated rings. The number of benzene rings is 4. The van der Waals surface area contributed by atoms with Gasteiger partial charge in [-0.3, -0.25) is 24.1 Å². The molecule has 4 aromatic rings. The normalized spacial score (nSPS) is 16.2. The first-order valence-electron chi connectivity index (χ1n) is 13.0. The van der Waals surface area contributed by atoms with Crippen LogP contribution in [0.1, 0.15) is 39.4 Å². The summed E-state index contributed by atoms with van der Waals surface area (Å²) in [6.45, 7) is 0.0349. The van der Waals surface area contributed by atoms with Crippen LogP contribution in [0.5, 0.6) is 0 Å². The Balaban J connectivity index is 1.59. The largest absolute Gasteiger partial charge is 0.319 e. The van der Waals surface area contributed by atoms with Gasteiger partial charge < -0.3 is 4.90 Å². The molecule has 7 heteroatoms. The Hall–Kier alpha value is -4.36. The van der Waals surface area contributed by atoms with Crippen LogP contribution in [0.2, 0.25) is 0 Å². The summed E-state index contributed by atoms with van der Waals surface area (Å²) >= 11 is 3.47. The second kappa shape index (κ2) is 12.2. The van der Waals surface area contributed by atoms with Crippen molar-refractivity contribution in [3.8, 4) is 0 Å². The lowest BCUT2D eigenvalue weighted by Gasteiger charge is -2.42. The number of rotatable bonds is 9. The number of Topliss-reactive ketones (excluding diaryl/α,β-unsaturated/α-hetero) is 1. The second-order valence-electron chi connectivity index (χ2n) is 9.70. The van der Waals surface area contributed by atoms with E-state index < -0.39 is 29.7 Å². The van der Waals surface area contributed by atoms with Gasteiger partial charge in [-0.2, -0.15) is 0 Å². The summed E-state index contributed by atoms with van der Waals surface area (Å²) in [6, 6.07) is 33.7. The van der Waals surface area contributed by atoms with Crippen LogP contribution in [-0.4, -0.2) is 39.3 Å². The van der Waals surface area contributed by atoms with Crippen molar-refractivity contribution in [3.05, 3.63) is 142 Å². The van der Waals surface area contributed by atoms with Gasteiger partial charge in [0, 0.05) is 28.9 Å². The van der Waals surface area contributed by atoms with Crippen molar-refractivity contribution in [2.75, 3.05) is 0 Å². The van der Waals surface area contributed by atoms with Crippen molar-refractivity contribution in [3.63, 3.8) is 0 Å². The molecule has 0 saturated carbocycles. The number of piperazine rings is 1. The molecule has 0 unspecified atom stereocenters. The molecule has 200 valence electrons. The fourth-order valence-electron chi connectivity index (χ4n) is 5.12. The quantitative estimate of drug-likeness (QED) is 0.140. The van der Waals surface area contributed by atoms with E-state index >= 15 is 0 Å². The summed E-state index contributed by atoms with van der Waals surface area (Å²) in [7, 11) is 0. The Bertz CT molecular complexity index is 1530. The highest BCUT2D eigenvalue weighted by atomic mass is 79.9. The average molecular weight is 595 g/mol. The number of halogens is 1. The number of imide groups is 1. The summed E-state index contributed by atoms with van der Waals surface area (Å²) in [4.78, 5) is 57.4. The van der Waals surface area contributed by atoms with Crippen LogP contribution in [0.3, 0.4) is 0 Å². The highest BCUT2D eigenvalue weighted by Crippen LogP contribution is 2.34. The predicted molar refractivity (Wildman–Crippen MR) is 155 cm³/mol. The minimum Gasteiger partial charge on any atom is -0.317 e. The summed E-state index contributed by atoms with van der Waals surface area (Å²) in [5.41, 5.74) is 2.74. The van der Waals surface area contributed by atoms with Crippen LogP contribution in [0.15, 0.2) is 120 Å². The number of nitrogens with zero attached hydrogens (tertiary/aromatic N) is 2. The maximum absolute atomic E-state index is 14.3. The van der Waals surface area contributed by atoms with E-state index in [-0.39, 0.29) is 25.3 Å². The topological polar surface area (TPSA) is 74.8 Å². The number of carbonyl (C=O) groups is 4. The molecule has 4 aromatic carbocycles. The fourth-order valence-corrected chi connectivity index (χ4v) is 5.63.